The van der Waals surface area contributed by atoms with Crippen molar-refractivity contribution in [3.8, 4) is 0 Å². The summed E-state index contributed by atoms with van der Waals surface area (Å²) in [7, 11) is 1.38. The molecule has 20 heavy (non-hydrogen) atoms. The summed E-state index contributed by atoms with van der Waals surface area (Å²) in [6, 6.07) is 0. The molecule has 0 aliphatic heterocycles. The molecule has 0 aliphatic carbocycles. The van der Waals surface area contributed by atoms with Crippen molar-refractivity contribution in [2.75, 3.05) is 33.4 Å². The number of carbonyl (C=O) groups is 1. The number of rotatable bonds is 10. The van der Waals surface area contributed by atoms with E-state index in [1.807, 2.05) is 6.92 Å². The van der Waals surface area contributed by atoms with Crippen LogP contribution >= 0.6 is 0 Å². The third-order valence-electron chi connectivity index (χ3n) is 2.94. The maximum Gasteiger partial charge on any atom is 0.307 e. The van der Waals surface area contributed by atoms with Gasteiger partial charge in [0, 0.05) is 26.2 Å². The van der Waals surface area contributed by atoms with Crippen LogP contribution in [0.4, 0.5) is 0 Å². The number of ether oxygens (including phenoxy) is 1. The Kier molecular flexibility index (Phi) is 11.9. The van der Waals surface area contributed by atoms with E-state index in [1.165, 1.54) is 7.11 Å². The van der Waals surface area contributed by atoms with E-state index in [9.17, 15) is 4.79 Å². The Morgan fingerprint density at radius 2 is 2.05 bits per heavy atom. The van der Waals surface area contributed by atoms with Crippen molar-refractivity contribution in [3.63, 3.8) is 0 Å². The zero-order valence-corrected chi connectivity index (χ0v) is 12.9. The molecule has 0 amide bonds. The summed E-state index contributed by atoms with van der Waals surface area (Å²) in [6.07, 6.45) is 3.24. The number of nitrogens with one attached hydrogen (secondary N) is 2. The molecule has 6 heteroatoms. The predicted molar refractivity (Wildman–Crippen MR) is 80.7 cm³/mol. The van der Waals surface area contributed by atoms with E-state index in [1.54, 1.807) is 0 Å². The van der Waals surface area contributed by atoms with E-state index in [0.717, 1.165) is 25.8 Å². The lowest BCUT2D eigenvalue weighted by molar-refractivity contribution is -0.140. The fourth-order valence-electron chi connectivity index (χ4n) is 1.86. The highest BCUT2D eigenvalue weighted by Crippen LogP contribution is 2.10. The minimum Gasteiger partial charge on any atom is -0.469 e. The van der Waals surface area contributed by atoms with Gasteiger partial charge in [-0.25, -0.2) is 0 Å². The molecule has 0 bridgehead atoms. The van der Waals surface area contributed by atoms with Gasteiger partial charge in [-0.05, 0) is 25.7 Å². The Hall–Kier alpha value is -1.30. The van der Waals surface area contributed by atoms with Crippen molar-refractivity contribution in [2.45, 2.75) is 39.5 Å². The second-order valence-electron chi connectivity index (χ2n) is 4.64. The fraction of sp³-hybridized carbons (Fsp3) is 0.857. The van der Waals surface area contributed by atoms with Gasteiger partial charge in [-0.3, -0.25) is 9.79 Å². The molecule has 0 spiro atoms. The lowest BCUT2D eigenvalue weighted by atomic mass is 10.0. The van der Waals surface area contributed by atoms with Crippen molar-refractivity contribution >= 4 is 11.9 Å². The Bertz CT molecular complexity index is 277. The molecular weight excluding hydrogens is 258 g/mol. The Balaban J connectivity index is 4.25. The van der Waals surface area contributed by atoms with Gasteiger partial charge in [-0.2, -0.15) is 0 Å². The molecule has 0 aromatic carbocycles. The Morgan fingerprint density at radius 3 is 2.60 bits per heavy atom. The summed E-state index contributed by atoms with van der Waals surface area (Å²) < 4.78 is 4.59. The van der Waals surface area contributed by atoms with Crippen molar-refractivity contribution in [1.29, 1.82) is 0 Å². The van der Waals surface area contributed by atoms with E-state index < -0.39 is 0 Å². The van der Waals surface area contributed by atoms with Gasteiger partial charge in [-0.15, -0.1) is 0 Å². The summed E-state index contributed by atoms with van der Waals surface area (Å²) >= 11 is 0. The van der Waals surface area contributed by atoms with E-state index in [4.69, 9.17) is 5.11 Å². The number of methoxy groups -OCH3 is 1. The molecule has 118 valence electrons. The summed E-state index contributed by atoms with van der Waals surface area (Å²) in [4.78, 5) is 15.5. The van der Waals surface area contributed by atoms with Crippen LogP contribution in [-0.4, -0.2) is 50.4 Å². The first-order chi connectivity index (χ1) is 9.67. The molecular formula is C14H29N3O3. The molecule has 1 atom stereocenters. The van der Waals surface area contributed by atoms with Crippen LogP contribution in [0.3, 0.4) is 0 Å². The molecule has 0 rings (SSSR count). The van der Waals surface area contributed by atoms with E-state index in [0.29, 0.717) is 31.4 Å². The first-order valence-electron chi connectivity index (χ1n) is 7.37. The molecule has 0 aliphatic rings. The number of hydrogen-bond donors (Lipinski definition) is 3. The fourth-order valence-corrected chi connectivity index (χ4v) is 1.86. The Labute approximate surface area is 122 Å². The standard InChI is InChI=1S/C14H29N3O3/c1-4-6-12(8-10-18)11-17-14(15-5-2)16-9-7-13(19)20-3/h12,18H,4-11H2,1-3H3,(H2,15,16,17). The zero-order valence-electron chi connectivity index (χ0n) is 12.9. The van der Waals surface area contributed by atoms with Crippen LogP contribution in [0.5, 0.6) is 0 Å². The average Bonchev–Trinajstić information content (AvgIpc) is 2.44. The number of carbonyl (C=O) groups excluding carboxylic acids is 1. The minimum absolute atomic E-state index is 0.201. The van der Waals surface area contributed by atoms with Gasteiger partial charge in [-0.1, -0.05) is 13.3 Å². The first kappa shape index (κ1) is 18.7. The molecule has 0 aromatic rings. The minimum atomic E-state index is -0.238. The number of esters is 1. The van der Waals surface area contributed by atoms with Crippen LogP contribution in [0.15, 0.2) is 4.99 Å². The summed E-state index contributed by atoms with van der Waals surface area (Å²) in [6.45, 7) is 6.27. The highest BCUT2D eigenvalue weighted by atomic mass is 16.5. The number of hydrogen-bond acceptors (Lipinski definition) is 4. The second-order valence-corrected chi connectivity index (χ2v) is 4.64. The van der Waals surface area contributed by atoms with Gasteiger partial charge in [0.05, 0.1) is 13.5 Å². The maximum atomic E-state index is 11.0. The van der Waals surface area contributed by atoms with Crippen molar-refractivity contribution in [2.24, 2.45) is 10.9 Å². The number of aliphatic imine (C=N–C) groups is 1. The number of aliphatic hydroxyl groups excluding tert-OH is 1. The predicted octanol–water partition coefficient (Wildman–Crippen LogP) is 0.903. The van der Waals surface area contributed by atoms with Gasteiger partial charge in [0.25, 0.3) is 0 Å². The van der Waals surface area contributed by atoms with Crippen molar-refractivity contribution < 1.29 is 14.6 Å². The van der Waals surface area contributed by atoms with Crippen LogP contribution in [-0.2, 0) is 9.53 Å². The van der Waals surface area contributed by atoms with Gasteiger partial charge < -0.3 is 20.5 Å². The second kappa shape index (κ2) is 12.7. The first-order valence-corrected chi connectivity index (χ1v) is 7.37. The van der Waals surface area contributed by atoms with Crippen molar-refractivity contribution in [1.82, 2.24) is 10.6 Å². The molecule has 0 saturated heterocycles. The van der Waals surface area contributed by atoms with Crippen LogP contribution < -0.4 is 10.6 Å². The highest BCUT2D eigenvalue weighted by Gasteiger charge is 2.07. The van der Waals surface area contributed by atoms with Gasteiger partial charge in [0.15, 0.2) is 5.96 Å². The molecule has 3 N–H and O–H groups in total. The van der Waals surface area contributed by atoms with Crippen LogP contribution in [0, 0.1) is 5.92 Å². The topological polar surface area (TPSA) is 83.0 Å². The summed E-state index contributed by atoms with van der Waals surface area (Å²) in [5.41, 5.74) is 0. The van der Waals surface area contributed by atoms with Gasteiger partial charge in [0.1, 0.15) is 0 Å². The lowest BCUT2D eigenvalue weighted by Crippen LogP contribution is -2.38. The summed E-state index contributed by atoms with van der Waals surface area (Å²) in [5.74, 6) is 0.869. The van der Waals surface area contributed by atoms with Gasteiger partial charge >= 0.3 is 5.97 Å². The normalized spacial score (nSPS) is 12.9. The van der Waals surface area contributed by atoms with E-state index in [2.05, 4.69) is 27.3 Å². The number of aliphatic hydroxyl groups is 1. The molecule has 1 unspecified atom stereocenters. The third-order valence-corrected chi connectivity index (χ3v) is 2.94. The number of nitrogens with zero attached hydrogens (tertiary/aromatic N) is 1. The molecule has 0 radical (unpaired) electrons. The average molecular weight is 287 g/mol. The zero-order chi connectivity index (χ0) is 15.2. The van der Waals surface area contributed by atoms with E-state index >= 15 is 0 Å². The SMILES string of the molecule is CCCC(CCO)CN=C(NCC)NCCC(=O)OC. The van der Waals surface area contributed by atoms with Crippen molar-refractivity contribution in [3.05, 3.63) is 0 Å². The monoisotopic (exact) mass is 287 g/mol. The highest BCUT2D eigenvalue weighted by molar-refractivity contribution is 5.80. The number of guanidine groups is 1. The molecule has 0 aromatic heterocycles. The van der Waals surface area contributed by atoms with Crippen LogP contribution in [0.25, 0.3) is 0 Å². The third kappa shape index (κ3) is 9.61. The maximum absolute atomic E-state index is 11.0. The Morgan fingerprint density at radius 1 is 1.30 bits per heavy atom. The molecule has 0 saturated carbocycles. The van der Waals surface area contributed by atoms with E-state index in [-0.39, 0.29) is 12.6 Å². The summed E-state index contributed by atoms with van der Waals surface area (Å²) in [5, 5.41) is 15.3. The van der Waals surface area contributed by atoms with Crippen LogP contribution in [0.1, 0.15) is 39.5 Å². The lowest BCUT2D eigenvalue weighted by Gasteiger charge is -2.15. The van der Waals surface area contributed by atoms with Gasteiger partial charge in [0.2, 0.25) is 0 Å². The largest absolute Gasteiger partial charge is 0.469 e. The quantitative estimate of drug-likeness (QED) is 0.316. The molecule has 0 heterocycles. The smallest absolute Gasteiger partial charge is 0.307 e. The molecule has 6 nitrogen and oxygen atoms in total. The van der Waals surface area contributed by atoms with Crippen LogP contribution in [0.2, 0.25) is 0 Å². The molecule has 0 fully saturated rings.